The van der Waals surface area contributed by atoms with Gasteiger partial charge in [-0.15, -0.1) is 11.6 Å². The Labute approximate surface area is 128 Å². The van der Waals surface area contributed by atoms with Gasteiger partial charge in [0.2, 0.25) is 0 Å². The molecule has 1 atom stereocenters. The van der Waals surface area contributed by atoms with E-state index in [2.05, 4.69) is 31.0 Å². The molecule has 0 bridgehead atoms. The second-order valence-corrected chi connectivity index (χ2v) is 5.44. The molecular formula is C17H16ClFN2. The normalized spacial score (nSPS) is 12.8. The number of alkyl halides is 1. The molecule has 3 rings (SSSR count). The van der Waals surface area contributed by atoms with E-state index in [0.717, 1.165) is 5.52 Å². The molecule has 21 heavy (non-hydrogen) atoms. The monoisotopic (exact) mass is 302 g/mol. The quantitative estimate of drug-likeness (QED) is 0.634. The Balaban J connectivity index is 2.24. The molecule has 0 aliphatic carbocycles. The van der Waals surface area contributed by atoms with Crippen molar-refractivity contribution in [3.05, 3.63) is 65.2 Å². The summed E-state index contributed by atoms with van der Waals surface area (Å²) in [5.41, 5.74) is 3.55. The lowest BCUT2D eigenvalue weighted by molar-refractivity contribution is 0.630. The van der Waals surface area contributed by atoms with E-state index in [4.69, 9.17) is 11.6 Å². The summed E-state index contributed by atoms with van der Waals surface area (Å²) in [4.78, 5) is 4.36. The van der Waals surface area contributed by atoms with Gasteiger partial charge in [-0.1, -0.05) is 30.3 Å². The van der Waals surface area contributed by atoms with Gasteiger partial charge in [0.05, 0.1) is 17.4 Å². The fraction of sp³-hybridized carbons (Fsp3) is 0.235. The van der Waals surface area contributed by atoms with Crippen LogP contribution in [0.5, 0.6) is 0 Å². The van der Waals surface area contributed by atoms with Crippen molar-refractivity contribution in [2.24, 2.45) is 0 Å². The summed E-state index contributed by atoms with van der Waals surface area (Å²) in [6.07, 6.45) is 0. The third-order valence-electron chi connectivity index (χ3n) is 3.89. The van der Waals surface area contributed by atoms with E-state index in [0.29, 0.717) is 11.3 Å². The van der Waals surface area contributed by atoms with Gasteiger partial charge in [0.1, 0.15) is 11.3 Å². The van der Waals surface area contributed by atoms with Crippen molar-refractivity contribution in [1.82, 2.24) is 9.55 Å². The van der Waals surface area contributed by atoms with Gasteiger partial charge in [-0.05, 0) is 37.1 Å². The van der Waals surface area contributed by atoms with Crippen LogP contribution in [0, 0.1) is 12.7 Å². The summed E-state index contributed by atoms with van der Waals surface area (Å²) in [6.45, 7) is 4.16. The number of aryl methyl sites for hydroxylation is 1. The first-order chi connectivity index (χ1) is 10.1. The number of rotatable bonds is 3. The lowest BCUT2D eigenvalue weighted by atomic mass is 10.0. The predicted molar refractivity (Wildman–Crippen MR) is 84.2 cm³/mol. The Bertz CT molecular complexity index is 795. The van der Waals surface area contributed by atoms with E-state index < -0.39 is 0 Å². The first kappa shape index (κ1) is 14.1. The van der Waals surface area contributed by atoms with E-state index in [9.17, 15) is 4.39 Å². The van der Waals surface area contributed by atoms with Gasteiger partial charge in [0.15, 0.2) is 5.82 Å². The maximum Gasteiger partial charge on any atom is 0.151 e. The smallest absolute Gasteiger partial charge is 0.151 e. The zero-order chi connectivity index (χ0) is 15.0. The SMILES string of the molecule is Cc1ccccc1C(C)n1c(CCl)nc2c(F)cccc21. The van der Waals surface area contributed by atoms with Gasteiger partial charge in [-0.2, -0.15) is 0 Å². The number of aromatic nitrogens is 2. The Hall–Kier alpha value is -1.87. The summed E-state index contributed by atoms with van der Waals surface area (Å²) in [6, 6.07) is 13.3. The van der Waals surface area contributed by atoms with Gasteiger partial charge in [0.25, 0.3) is 0 Å². The lowest BCUT2D eigenvalue weighted by Crippen LogP contribution is -2.11. The van der Waals surface area contributed by atoms with Gasteiger partial charge >= 0.3 is 0 Å². The van der Waals surface area contributed by atoms with Crippen molar-refractivity contribution in [1.29, 1.82) is 0 Å². The molecule has 0 saturated carbocycles. The van der Waals surface area contributed by atoms with E-state index >= 15 is 0 Å². The van der Waals surface area contributed by atoms with Crippen LogP contribution < -0.4 is 0 Å². The van der Waals surface area contributed by atoms with E-state index in [-0.39, 0.29) is 17.7 Å². The maximum atomic E-state index is 13.9. The Morgan fingerprint density at radius 2 is 1.95 bits per heavy atom. The van der Waals surface area contributed by atoms with Crippen molar-refractivity contribution in [3.8, 4) is 0 Å². The van der Waals surface area contributed by atoms with Gasteiger partial charge in [-0.25, -0.2) is 9.37 Å². The minimum atomic E-state index is -0.311. The summed E-state index contributed by atoms with van der Waals surface area (Å²) < 4.78 is 16.0. The molecule has 0 saturated heterocycles. The molecule has 1 heterocycles. The van der Waals surface area contributed by atoms with Crippen LogP contribution in [0.25, 0.3) is 11.0 Å². The Kier molecular flexibility index (Phi) is 3.68. The van der Waals surface area contributed by atoms with E-state index in [1.807, 2.05) is 22.8 Å². The number of benzene rings is 2. The average Bonchev–Trinajstić information content (AvgIpc) is 2.87. The average molecular weight is 303 g/mol. The van der Waals surface area contributed by atoms with Gasteiger partial charge in [0, 0.05) is 0 Å². The van der Waals surface area contributed by atoms with Crippen molar-refractivity contribution >= 4 is 22.6 Å². The van der Waals surface area contributed by atoms with Crippen LogP contribution in [0.2, 0.25) is 0 Å². The predicted octanol–water partition coefficient (Wildman–Crippen LogP) is 4.83. The summed E-state index contributed by atoms with van der Waals surface area (Å²) >= 11 is 6.02. The van der Waals surface area contributed by atoms with Crippen LogP contribution in [-0.2, 0) is 5.88 Å². The van der Waals surface area contributed by atoms with Crippen molar-refractivity contribution in [2.75, 3.05) is 0 Å². The molecule has 0 fully saturated rings. The zero-order valence-corrected chi connectivity index (χ0v) is 12.7. The number of fused-ring (bicyclic) bond motifs is 1. The second kappa shape index (κ2) is 5.49. The molecule has 1 unspecified atom stereocenters. The third kappa shape index (κ3) is 2.32. The highest BCUT2D eigenvalue weighted by atomic mass is 35.5. The minimum Gasteiger partial charge on any atom is -0.320 e. The van der Waals surface area contributed by atoms with Crippen LogP contribution in [0.15, 0.2) is 42.5 Å². The molecule has 4 heteroatoms. The Morgan fingerprint density at radius 1 is 1.19 bits per heavy atom. The Morgan fingerprint density at radius 3 is 2.67 bits per heavy atom. The number of hydrogen-bond donors (Lipinski definition) is 0. The molecule has 0 spiro atoms. The number of nitrogens with zero attached hydrogens (tertiary/aromatic N) is 2. The second-order valence-electron chi connectivity index (χ2n) is 5.17. The first-order valence-corrected chi connectivity index (χ1v) is 7.43. The van der Waals surface area contributed by atoms with Crippen LogP contribution in [0.1, 0.15) is 29.9 Å². The standard InChI is InChI=1S/C17H16ClFN2/c1-11-6-3-4-7-13(11)12(2)21-15-9-5-8-14(19)17(15)20-16(21)10-18/h3-9,12H,10H2,1-2H3. The van der Waals surface area contributed by atoms with Gasteiger partial charge in [-0.3, -0.25) is 0 Å². The minimum absolute atomic E-state index is 0.0479. The number of hydrogen-bond acceptors (Lipinski definition) is 1. The molecule has 0 amide bonds. The lowest BCUT2D eigenvalue weighted by Gasteiger charge is -2.19. The van der Waals surface area contributed by atoms with Crippen LogP contribution >= 0.6 is 11.6 Å². The highest BCUT2D eigenvalue weighted by Gasteiger charge is 2.19. The molecular weight excluding hydrogens is 287 g/mol. The third-order valence-corrected chi connectivity index (χ3v) is 4.13. The largest absolute Gasteiger partial charge is 0.320 e. The molecule has 0 aliphatic heterocycles. The molecule has 1 aromatic heterocycles. The summed E-state index contributed by atoms with van der Waals surface area (Å²) in [5, 5.41) is 0. The highest BCUT2D eigenvalue weighted by molar-refractivity contribution is 6.16. The number of imidazole rings is 1. The van der Waals surface area contributed by atoms with E-state index in [1.165, 1.54) is 17.2 Å². The van der Waals surface area contributed by atoms with Crippen LogP contribution in [-0.4, -0.2) is 9.55 Å². The zero-order valence-electron chi connectivity index (χ0n) is 12.0. The number of para-hydroxylation sites is 1. The fourth-order valence-corrected chi connectivity index (χ4v) is 3.04. The molecule has 2 aromatic carbocycles. The van der Waals surface area contributed by atoms with E-state index in [1.54, 1.807) is 6.07 Å². The molecule has 3 aromatic rings. The maximum absolute atomic E-state index is 13.9. The first-order valence-electron chi connectivity index (χ1n) is 6.90. The molecule has 0 aliphatic rings. The molecule has 2 nitrogen and oxygen atoms in total. The van der Waals surface area contributed by atoms with Crippen LogP contribution in [0.4, 0.5) is 4.39 Å². The fourth-order valence-electron chi connectivity index (χ4n) is 2.85. The van der Waals surface area contributed by atoms with Gasteiger partial charge < -0.3 is 4.57 Å². The van der Waals surface area contributed by atoms with Crippen molar-refractivity contribution < 1.29 is 4.39 Å². The summed E-state index contributed by atoms with van der Waals surface area (Å²) in [7, 11) is 0. The van der Waals surface area contributed by atoms with Crippen LogP contribution in [0.3, 0.4) is 0 Å². The molecule has 0 radical (unpaired) electrons. The molecule has 0 N–H and O–H groups in total. The highest BCUT2D eigenvalue weighted by Crippen LogP contribution is 2.29. The topological polar surface area (TPSA) is 17.8 Å². The summed E-state index contributed by atoms with van der Waals surface area (Å²) in [5.74, 6) is 0.631. The molecule has 108 valence electrons. The number of halogens is 2. The van der Waals surface area contributed by atoms with Crippen molar-refractivity contribution in [3.63, 3.8) is 0 Å². The van der Waals surface area contributed by atoms with Crippen molar-refractivity contribution in [2.45, 2.75) is 25.8 Å².